The van der Waals surface area contributed by atoms with E-state index in [-0.39, 0.29) is 11.9 Å². The molecule has 1 amide bonds. The third-order valence-electron chi connectivity index (χ3n) is 3.17. The van der Waals surface area contributed by atoms with Crippen molar-refractivity contribution in [1.82, 2.24) is 4.90 Å². The molecule has 5 heteroatoms. The van der Waals surface area contributed by atoms with Crippen molar-refractivity contribution in [3.05, 3.63) is 0 Å². The van der Waals surface area contributed by atoms with Gasteiger partial charge in [-0.05, 0) is 18.8 Å². The average molecular weight is 230 g/mol. The summed E-state index contributed by atoms with van der Waals surface area (Å²) >= 11 is 0. The molecule has 1 saturated carbocycles. The first-order valence-corrected chi connectivity index (χ1v) is 7.04. The summed E-state index contributed by atoms with van der Waals surface area (Å²) < 4.78 is 11.1. The Morgan fingerprint density at radius 2 is 2.00 bits per heavy atom. The second kappa shape index (κ2) is 4.61. The Labute approximate surface area is 92.6 Å². The van der Waals surface area contributed by atoms with E-state index in [9.17, 15) is 9.00 Å². The summed E-state index contributed by atoms with van der Waals surface area (Å²) in [6.45, 7) is 1.28. The lowest BCUT2D eigenvalue weighted by Crippen LogP contribution is -2.44. The van der Waals surface area contributed by atoms with Gasteiger partial charge in [0.2, 0.25) is 5.91 Å². The minimum atomic E-state index is -0.712. The fourth-order valence-electron chi connectivity index (χ4n) is 1.91. The van der Waals surface area contributed by atoms with Gasteiger partial charge in [-0.3, -0.25) is 9.00 Å². The smallest absolute Gasteiger partial charge is 0.224 e. The number of carbonyl (C=O) groups excluding carboxylic acids is 1. The van der Waals surface area contributed by atoms with Crippen LogP contribution in [0.3, 0.4) is 0 Å². The number of nitrogens with two attached hydrogens (primary N) is 1. The number of rotatable bonds is 3. The van der Waals surface area contributed by atoms with Crippen LogP contribution in [-0.2, 0) is 15.6 Å². The van der Waals surface area contributed by atoms with Gasteiger partial charge in [-0.1, -0.05) is 0 Å². The van der Waals surface area contributed by atoms with Crippen molar-refractivity contribution in [3.63, 3.8) is 0 Å². The molecule has 0 bridgehead atoms. The van der Waals surface area contributed by atoms with Crippen molar-refractivity contribution in [2.24, 2.45) is 11.7 Å². The Morgan fingerprint density at radius 1 is 1.40 bits per heavy atom. The first kappa shape index (κ1) is 11.1. The molecule has 15 heavy (non-hydrogen) atoms. The van der Waals surface area contributed by atoms with Gasteiger partial charge in [0.15, 0.2) is 0 Å². The first-order chi connectivity index (χ1) is 7.16. The minimum Gasteiger partial charge on any atom is -0.341 e. The predicted octanol–water partition coefficient (Wildman–Crippen LogP) is -0.295. The van der Waals surface area contributed by atoms with Gasteiger partial charge < -0.3 is 10.6 Å². The normalized spacial score (nSPS) is 25.3. The molecule has 2 N–H and O–H groups in total. The number of amides is 1. The molecule has 1 aliphatic heterocycles. The highest BCUT2D eigenvalue weighted by Crippen LogP contribution is 2.33. The summed E-state index contributed by atoms with van der Waals surface area (Å²) in [6, 6.07) is 0.0462. The number of nitrogens with zero attached hydrogens (tertiary/aromatic N) is 1. The van der Waals surface area contributed by atoms with Crippen LogP contribution in [0.25, 0.3) is 0 Å². The third-order valence-corrected chi connectivity index (χ3v) is 4.44. The molecule has 0 spiro atoms. The Morgan fingerprint density at radius 3 is 2.53 bits per heavy atom. The molecule has 2 rings (SSSR count). The van der Waals surface area contributed by atoms with E-state index in [1.807, 2.05) is 4.90 Å². The monoisotopic (exact) mass is 230 g/mol. The maximum Gasteiger partial charge on any atom is 0.224 e. The van der Waals surface area contributed by atoms with Crippen molar-refractivity contribution < 1.29 is 9.00 Å². The van der Waals surface area contributed by atoms with Crippen molar-refractivity contribution in [3.8, 4) is 0 Å². The maximum absolute atomic E-state index is 11.8. The number of hydrogen-bond donors (Lipinski definition) is 1. The first-order valence-electron chi connectivity index (χ1n) is 5.55. The lowest BCUT2D eigenvalue weighted by atomic mass is 10.1. The number of carbonyl (C=O) groups is 1. The maximum atomic E-state index is 11.8. The average Bonchev–Trinajstić information content (AvgIpc) is 3.01. The van der Waals surface area contributed by atoms with Gasteiger partial charge in [-0.15, -0.1) is 0 Å². The van der Waals surface area contributed by atoms with E-state index in [1.165, 1.54) is 12.8 Å². The van der Waals surface area contributed by atoms with Gasteiger partial charge in [0, 0.05) is 47.9 Å². The largest absolute Gasteiger partial charge is 0.341 e. The van der Waals surface area contributed by atoms with E-state index < -0.39 is 10.8 Å². The van der Waals surface area contributed by atoms with Crippen molar-refractivity contribution in [1.29, 1.82) is 0 Å². The van der Waals surface area contributed by atoms with E-state index in [2.05, 4.69) is 0 Å². The molecule has 2 fully saturated rings. The molecule has 1 aliphatic carbocycles. The van der Waals surface area contributed by atoms with Crippen LogP contribution in [0.4, 0.5) is 0 Å². The zero-order chi connectivity index (χ0) is 10.8. The third kappa shape index (κ3) is 3.01. The molecule has 1 atom stereocenters. The van der Waals surface area contributed by atoms with Crippen LogP contribution in [0.2, 0.25) is 0 Å². The molecule has 1 unspecified atom stereocenters. The van der Waals surface area contributed by atoms with E-state index in [4.69, 9.17) is 5.73 Å². The predicted molar refractivity (Wildman–Crippen MR) is 59.8 cm³/mol. The highest BCUT2D eigenvalue weighted by Gasteiger charge is 2.31. The molecule has 1 saturated heterocycles. The summed E-state index contributed by atoms with van der Waals surface area (Å²) in [5.74, 6) is 1.98. The van der Waals surface area contributed by atoms with Crippen LogP contribution >= 0.6 is 0 Å². The minimum absolute atomic E-state index is 0.0462. The van der Waals surface area contributed by atoms with Gasteiger partial charge in [-0.2, -0.15) is 0 Å². The van der Waals surface area contributed by atoms with E-state index in [0.717, 1.165) is 0 Å². The van der Waals surface area contributed by atoms with Gasteiger partial charge in [0.25, 0.3) is 0 Å². The zero-order valence-corrected chi connectivity index (χ0v) is 9.67. The summed E-state index contributed by atoms with van der Waals surface area (Å²) in [5, 5.41) is 0. The Balaban J connectivity index is 1.77. The summed E-state index contributed by atoms with van der Waals surface area (Å²) in [4.78, 5) is 13.6. The SMILES string of the molecule is NC(CC(=O)N1CCS(=O)CC1)C1CC1. The number of hydrogen-bond acceptors (Lipinski definition) is 3. The molecule has 0 aromatic heterocycles. The quantitative estimate of drug-likeness (QED) is 0.724. The second-order valence-electron chi connectivity index (χ2n) is 4.43. The van der Waals surface area contributed by atoms with Crippen LogP contribution in [0.15, 0.2) is 0 Å². The van der Waals surface area contributed by atoms with Gasteiger partial charge in [-0.25, -0.2) is 0 Å². The van der Waals surface area contributed by atoms with Crippen LogP contribution < -0.4 is 5.73 Å². The summed E-state index contributed by atoms with van der Waals surface area (Å²) in [7, 11) is -0.712. The van der Waals surface area contributed by atoms with Crippen LogP contribution in [0.1, 0.15) is 19.3 Å². The van der Waals surface area contributed by atoms with Crippen LogP contribution in [0, 0.1) is 5.92 Å². The van der Waals surface area contributed by atoms with Crippen molar-refractivity contribution in [2.45, 2.75) is 25.3 Å². The molecule has 4 nitrogen and oxygen atoms in total. The highest BCUT2D eigenvalue weighted by molar-refractivity contribution is 7.85. The van der Waals surface area contributed by atoms with Crippen LogP contribution in [-0.4, -0.2) is 45.7 Å². The van der Waals surface area contributed by atoms with Crippen molar-refractivity contribution >= 4 is 16.7 Å². The fraction of sp³-hybridized carbons (Fsp3) is 0.900. The standard InChI is InChI=1S/C10H18N2O2S/c11-9(8-1-2-8)7-10(13)12-3-5-15(14)6-4-12/h8-9H,1-7,11H2. The lowest BCUT2D eigenvalue weighted by Gasteiger charge is -2.27. The van der Waals surface area contributed by atoms with Gasteiger partial charge >= 0.3 is 0 Å². The van der Waals surface area contributed by atoms with Gasteiger partial charge in [0.05, 0.1) is 0 Å². The molecule has 0 aromatic carbocycles. The topological polar surface area (TPSA) is 63.4 Å². The highest BCUT2D eigenvalue weighted by atomic mass is 32.2. The molecule has 2 aliphatic rings. The molecular weight excluding hydrogens is 212 g/mol. The molecular formula is C10H18N2O2S. The van der Waals surface area contributed by atoms with E-state index in [0.29, 0.717) is 36.9 Å². The van der Waals surface area contributed by atoms with Crippen molar-refractivity contribution in [2.75, 3.05) is 24.6 Å². The summed E-state index contributed by atoms with van der Waals surface area (Å²) in [6.07, 6.45) is 2.83. The zero-order valence-electron chi connectivity index (χ0n) is 8.85. The Bertz CT molecular complexity index is 269. The fourth-order valence-corrected chi connectivity index (χ4v) is 2.96. The molecule has 0 aromatic rings. The summed E-state index contributed by atoms with van der Waals surface area (Å²) in [5.41, 5.74) is 5.91. The second-order valence-corrected chi connectivity index (χ2v) is 6.13. The molecule has 0 radical (unpaired) electrons. The molecule has 86 valence electrons. The Hall–Kier alpha value is -0.420. The van der Waals surface area contributed by atoms with Gasteiger partial charge in [0.1, 0.15) is 0 Å². The van der Waals surface area contributed by atoms with Crippen LogP contribution in [0.5, 0.6) is 0 Å². The Kier molecular flexibility index (Phi) is 3.41. The van der Waals surface area contributed by atoms with E-state index >= 15 is 0 Å². The lowest BCUT2D eigenvalue weighted by molar-refractivity contribution is -0.131. The molecule has 1 heterocycles. The van der Waals surface area contributed by atoms with E-state index in [1.54, 1.807) is 0 Å².